The molecule has 4 heteroatoms. The molecule has 0 radical (unpaired) electrons. The summed E-state index contributed by atoms with van der Waals surface area (Å²) in [4.78, 5) is 4.55. The molecular formula is C28H30N4. The Morgan fingerprint density at radius 2 is 1.84 bits per heavy atom. The van der Waals surface area contributed by atoms with Gasteiger partial charge >= 0.3 is 0 Å². The largest absolute Gasteiger partial charge is 0.315 e. The number of benzene rings is 2. The maximum absolute atomic E-state index is 4.55. The summed E-state index contributed by atoms with van der Waals surface area (Å²) in [6, 6.07) is 15.1. The fourth-order valence-electron chi connectivity index (χ4n) is 3.89. The third kappa shape index (κ3) is 4.54. The highest BCUT2D eigenvalue weighted by atomic mass is 15.3. The number of fused-ring (bicyclic) bond motifs is 1. The topological polar surface area (TPSA) is 43.6 Å². The summed E-state index contributed by atoms with van der Waals surface area (Å²) in [6.07, 6.45) is 8.65. The average Bonchev–Trinajstić information content (AvgIpc) is 3.16. The minimum atomic E-state index is 0.823. The first kappa shape index (κ1) is 21.7. The van der Waals surface area contributed by atoms with Crippen LogP contribution >= 0.6 is 0 Å². The Hall–Kier alpha value is -3.53. The van der Waals surface area contributed by atoms with Gasteiger partial charge in [0.2, 0.25) is 0 Å². The second-order valence-electron chi connectivity index (χ2n) is 8.37. The number of aryl methyl sites for hydroxylation is 5. The van der Waals surface area contributed by atoms with Gasteiger partial charge < -0.3 is 4.57 Å². The van der Waals surface area contributed by atoms with Crippen molar-refractivity contribution < 1.29 is 0 Å². The van der Waals surface area contributed by atoms with Gasteiger partial charge in [-0.3, -0.25) is 4.98 Å². The van der Waals surface area contributed by atoms with Crippen molar-refractivity contribution in [3.8, 4) is 0 Å². The van der Waals surface area contributed by atoms with Gasteiger partial charge in [0.15, 0.2) is 5.82 Å². The van der Waals surface area contributed by atoms with Crippen LogP contribution in [0.2, 0.25) is 0 Å². The fraction of sp³-hybridized carbons (Fsp3) is 0.250. The Kier molecular flexibility index (Phi) is 6.31. The monoisotopic (exact) mass is 422 g/mol. The zero-order valence-electron chi connectivity index (χ0n) is 19.4. The van der Waals surface area contributed by atoms with E-state index >= 15 is 0 Å². The van der Waals surface area contributed by atoms with Gasteiger partial charge in [0.1, 0.15) is 5.82 Å². The molecule has 0 amide bonds. The highest BCUT2D eigenvalue weighted by Crippen LogP contribution is 2.21. The summed E-state index contributed by atoms with van der Waals surface area (Å²) < 4.78 is 2.06. The number of pyridine rings is 1. The lowest BCUT2D eigenvalue weighted by atomic mass is 10.0. The molecule has 0 unspecified atom stereocenters. The van der Waals surface area contributed by atoms with Crippen molar-refractivity contribution in [2.24, 2.45) is 7.05 Å². The van der Waals surface area contributed by atoms with E-state index in [9.17, 15) is 0 Å². The number of allylic oxidation sites excluding steroid dienone is 2. The second-order valence-corrected chi connectivity index (χ2v) is 8.37. The SMILES string of the molecule is C=C(/C=C\c1nnc(CCc2ccnc3cc(CC)ccc23)n1C)c1ccc(C)c(C)c1. The number of hydrogen-bond donors (Lipinski definition) is 0. The molecule has 4 nitrogen and oxygen atoms in total. The summed E-state index contributed by atoms with van der Waals surface area (Å²) in [7, 11) is 2.02. The molecule has 0 aliphatic heterocycles. The predicted octanol–water partition coefficient (Wildman–Crippen LogP) is 6.05. The summed E-state index contributed by atoms with van der Waals surface area (Å²) in [5.41, 5.74) is 8.32. The van der Waals surface area contributed by atoms with Crippen LogP contribution in [0.1, 0.15) is 46.4 Å². The van der Waals surface area contributed by atoms with Gasteiger partial charge in [-0.1, -0.05) is 49.9 Å². The molecule has 0 saturated heterocycles. The van der Waals surface area contributed by atoms with E-state index in [0.29, 0.717) is 0 Å². The third-order valence-electron chi connectivity index (χ3n) is 6.23. The van der Waals surface area contributed by atoms with E-state index in [1.807, 2.05) is 25.4 Å². The van der Waals surface area contributed by atoms with E-state index < -0.39 is 0 Å². The van der Waals surface area contributed by atoms with Gasteiger partial charge in [-0.15, -0.1) is 10.2 Å². The van der Waals surface area contributed by atoms with Gasteiger partial charge in [-0.2, -0.15) is 0 Å². The van der Waals surface area contributed by atoms with Crippen molar-refractivity contribution in [1.29, 1.82) is 0 Å². The Morgan fingerprint density at radius 1 is 1.00 bits per heavy atom. The molecular weight excluding hydrogens is 392 g/mol. The highest BCUT2D eigenvalue weighted by Gasteiger charge is 2.09. The zero-order chi connectivity index (χ0) is 22.7. The summed E-state index contributed by atoms with van der Waals surface area (Å²) in [5.74, 6) is 1.80. The zero-order valence-corrected chi connectivity index (χ0v) is 19.4. The van der Waals surface area contributed by atoms with Gasteiger partial charge in [0.05, 0.1) is 5.52 Å². The molecule has 162 valence electrons. The maximum Gasteiger partial charge on any atom is 0.156 e. The van der Waals surface area contributed by atoms with E-state index in [1.165, 1.54) is 27.6 Å². The van der Waals surface area contributed by atoms with Gasteiger partial charge in [-0.05, 0) is 78.3 Å². The van der Waals surface area contributed by atoms with Crippen LogP contribution in [0.25, 0.3) is 22.6 Å². The van der Waals surface area contributed by atoms with Crippen LogP contribution in [-0.4, -0.2) is 19.7 Å². The molecule has 4 rings (SSSR count). The molecule has 0 atom stereocenters. The molecule has 2 aromatic heterocycles. The molecule has 0 aliphatic carbocycles. The van der Waals surface area contributed by atoms with Crippen LogP contribution in [-0.2, 0) is 26.3 Å². The molecule has 0 bridgehead atoms. The van der Waals surface area contributed by atoms with Crippen molar-refractivity contribution >= 4 is 22.6 Å². The van der Waals surface area contributed by atoms with E-state index in [4.69, 9.17) is 0 Å². The number of rotatable bonds is 7. The lowest BCUT2D eigenvalue weighted by Crippen LogP contribution is -2.02. The highest BCUT2D eigenvalue weighted by molar-refractivity contribution is 5.82. The molecule has 0 fully saturated rings. The summed E-state index contributed by atoms with van der Waals surface area (Å²) in [6.45, 7) is 10.6. The smallest absolute Gasteiger partial charge is 0.156 e. The van der Waals surface area contributed by atoms with E-state index in [-0.39, 0.29) is 0 Å². The average molecular weight is 423 g/mol. The number of nitrogens with zero attached hydrogens (tertiary/aromatic N) is 4. The Balaban J connectivity index is 1.47. The molecule has 32 heavy (non-hydrogen) atoms. The fourth-order valence-corrected chi connectivity index (χ4v) is 3.89. The molecule has 2 heterocycles. The van der Waals surface area contributed by atoms with E-state index in [0.717, 1.165) is 47.6 Å². The van der Waals surface area contributed by atoms with Crippen LogP contribution in [0.4, 0.5) is 0 Å². The molecule has 0 N–H and O–H groups in total. The van der Waals surface area contributed by atoms with Crippen molar-refractivity contribution in [2.45, 2.75) is 40.0 Å². The van der Waals surface area contributed by atoms with Gasteiger partial charge in [0.25, 0.3) is 0 Å². The standard InChI is InChI=1S/C28H30N4/c1-6-22-9-12-25-23(15-16-29-26(25)18-22)11-14-28-31-30-27(32(28)5)13-8-20(3)24-10-7-19(2)21(4)17-24/h7-10,12-13,15-18H,3,6,11,14H2,1-2,4-5H3/b13-8-. The van der Waals surface area contributed by atoms with Crippen LogP contribution < -0.4 is 0 Å². The van der Waals surface area contributed by atoms with Crippen molar-refractivity contribution in [2.75, 3.05) is 0 Å². The maximum atomic E-state index is 4.55. The second kappa shape index (κ2) is 9.31. The van der Waals surface area contributed by atoms with Gasteiger partial charge in [0, 0.05) is 25.1 Å². The first-order valence-corrected chi connectivity index (χ1v) is 11.2. The Labute approximate surface area is 190 Å². The molecule has 0 aliphatic rings. The van der Waals surface area contributed by atoms with E-state index in [2.05, 4.69) is 89.6 Å². The third-order valence-corrected chi connectivity index (χ3v) is 6.23. The van der Waals surface area contributed by atoms with Crippen LogP contribution in [0.5, 0.6) is 0 Å². The predicted molar refractivity (Wildman–Crippen MR) is 134 cm³/mol. The Bertz CT molecular complexity index is 1310. The molecule has 4 aromatic rings. The van der Waals surface area contributed by atoms with Crippen molar-refractivity contribution in [1.82, 2.24) is 19.7 Å². The summed E-state index contributed by atoms with van der Waals surface area (Å²) >= 11 is 0. The molecule has 2 aromatic carbocycles. The number of hydrogen-bond acceptors (Lipinski definition) is 3. The van der Waals surface area contributed by atoms with E-state index in [1.54, 1.807) is 0 Å². The van der Waals surface area contributed by atoms with Crippen LogP contribution in [0.15, 0.2) is 61.3 Å². The minimum absolute atomic E-state index is 0.823. The Morgan fingerprint density at radius 3 is 2.62 bits per heavy atom. The summed E-state index contributed by atoms with van der Waals surface area (Å²) in [5, 5.41) is 10.0. The van der Waals surface area contributed by atoms with Crippen LogP contribution in [0, 0.1) is 13.8 Å². The van der Waals surface area contributed by atoms with Gasteiger partial charge in [-0.25, -0.2) is 0 Å². The van der Waals surface area contributed by atoms with Crippen molar-refractivity contribution in [3.05, 3.63) is 101 Å². The van der Waals surface area contributed by atoms with Crippen LogP contribution in [0.3, 0.4) is 0 Å². The minimum Gasteiger partial charge on any atom is -0.315 e. The first-order chi connectivity index (χ1) is 15.5. The first-order valence-electron chi connectivity index (χ1n) is 11.2. The van der Waals surface area contributed by atoms with Crippen molar-refractivity contribution in [3.63, 3.8) is 0 Å². The molecule has 0 saturated carbocycles. The number of aromatic nitrogens is 4. The lowest BCUT2D eigenvalue weighted by molar-refractivity contribution is 0.767. The normalized spacial score (nSPS) is 11.5. The quantitative estimate of drug-likeness (QED) is 0.340. The lowest BCUT2D eigenvalue weighted by Gasteiger charge is -2.07. The molecule has 0 spiro atoms.